The molecule has 39 heavy (non-hydrogen) atoms. The summed E-state index contributed by atoms with van der Waals surface area (Å²) < 4.78 is 84.1. The molecule has 4 rings (SSSR count). The molecule has 0 aliphatic heterocycles. The monoisotopic (exact) mass is 589 g/mol. The molecule has 0 radical (unpaired) electrons. The molecule has 0 saturated carbocycles. The SMILES string of the molecule is COC(=O)C(C=NNc1ncc(C(F)(F)F)cc1Cl)c1cn(-c2ncc(C(F)(F)F)cc2Cl)c2ccccc12. The fourth-order valence-electron chi connectivity index (χ4n) is 3.64. The Balaban J connectivity index is 1.73. The predicted octanol–water partition coefficient (Wildman–Crippen LogP) is 7.12. The molecule has 0 saturated heterocycles. The Morgan fingerprint density at radius 1 is 1.03 bits per heavy atom. The standard InChI is InChI=1S/C24H15Cl2F6N5O2/c1-39-22(38)15(10-35-36-20-17(25)6-12(8-33-20)23(27,28)29)16-11-37(19-5-3-2-4-14(16)19)21-18(26)7-13(9-34-21)24(30,31)32/h2-11,15H,1H3,(H,33,36). The van der Waals surface area contributed by atoms with Crippen molar-refractivity contribution in [3.05, 3.63) is 81.7 Å². The van der Waals surface area contributed by atoms with Gasteiger partial charge in [0.25, 0.3) is 0 Å². The van der Waals surface area contributed by atoms with Gasteiger partial charge in [0.2, 0.25) is 0 Å². The van der Waals surface area contributed by atoms with Crippen LogP contribution in [0.4, 0.5) is 32.2 Å². The average Bonchev–Trinajstić information content (AvgIpc) is 3.25. The molecule has 15 heteroatoms. The number of methoxy groups -OCH3 is 1. The van der Waals surface area contributed by atoms with E-state index in [-0.39, 0.29) is 21.7 Å². The molecule has 0 aliphatic carbocycles. The minimum absolute atomic E-state index is 0.0217. The van der Waals surface area contributed by atoms with Gasteiger partial charge in [-0.15, -0.1) is 0 Å². The van der Waals surface area contributed by atoms with E-state index in [1.165, 1.54) is 10.8 Å². The van der Waals surface area contributed by atoms with Crippen LogP contribution in [0.25, 0.3) is 16.7 Å². The highest BCUT2D eigenvalue weighted by molar-refractivity contribution is 6.33. The Morgan fingerprint density at radius 2 is 1.64 bits per heavy atom. The normalized spacial score (nSPS) is 13.2. The lowest BCUT2D eigenvalue weighted by molar-refractivity contribution is -0.140. The number of nitrogens with zero attached hydrogens (tertiary/aromatic N) is 4. The highest BCUT2D eigenvalue weighted by atomic mass is 35.5. The molecule has 0 amide bonds. The van der Waals surface area contributed by atoms with Gasteiger partial charge in [-0.3, -0.25) is 14.8 Å². The van der Waals surface area contributed by atoms with Gasteiger partial charge in [0.05, 0.1) is 33.8 Å². The topological polar surface area (TPSA) is 81.4 Å². The molecular weight excluding hydrogens is 575 g/mol. The van der Waals surface area contributed by atoms with E-state index in [1.807, 2.05) is 0 Å². The quantitative estimate of drug-likeness (QED) is 0.112. The van der Waals surface area contributed by atoms with Crippen molar-refractivity contribution < 1.29 is 35.9 Å². The zero-order chi connectivity index (χ0) is 28.5. The molecule has 0 aliphatic rings. The van der Waals surface area contributed by atoms with Crippen LogP contribution in [0.1, 0.15) is 22.6 Å². The number of hydrogen-bond acceptors (Lipinski definition) is 6. The van der Waals surface area contributed by atoms with Gasteiger partial charge >= 0.3 is 18.3 Å². The third kappa shape index (κ3) is 5.93. The van der Waals surface area contributed by atoms with Gasteiger partial charge in [-0.25, -0.2) is 9.97 Å². The molecule has 204 valence electrons. The van der Waals surface area contributed by atoms with E-state index in [1.54, 1.807) is 24.3 Å². The summed E-state index contributed by atoms with van der Waals surface area (Å²) in [5.74, 6) is -2.16. The summed E-state index contributed by atoms with van der Waals surface area (Å²) in [7, 11) is 1.14. The number of carbonyl (C=O) groups is 1. The van der Waals surface area contributed by atoms with E-state index in [2.05, 4.69) is 20.5 Å². The fourth-order valence-corrected chi connectivity index (χ4v) is 4.10. The molecule has 0 spiro atoms. The molecule has 1 unspecified atom stereocenters. The molecule has 1 N–H and O–H groups in total. The van der Waals surface area contributed by atoms with Crippen molar-refractivity contribution in [2.45, 2.75) is 18.3 Å². The van der Waals surface area contributed by atoms with Gasteiger partial charge in [-0.2, -0.15) is 31.4 Å². The molecular formula is C24H15Cl2F6N5O2. The van der Waals surface area contributed by atoms with Crippen molar-refractivity contribution >= 4 is 52.1 Å². The molecule has 1 aromatic carbocycles. The lowest BCUT2D eigenvalue weighted by Gasteiger charge is -2.11. The number of nitrogens with one attached hydrogen (secondary N) is 1. The van der Waals surface area contributed by atoms with Crippen molar-refractivity contribution in [3.63, 3.8) is 0 Å². The first-order valence-electron chi connectivity index (χ1n) is 10.7. The number of hydrazone groups is 1. The van der Waals surface area contributed by atoms with Gasteiger partial charge in [0.1, 0.15) is 5.92 Å². The first-order valence-corrected chi connectivity index (χ1v) is 11.5. The summed E-state index contributed by atoms with van der Waals surface area (Å²) in [6.45, 7) is 0. The maximum atomic E-state index is 13.1. The maximum Gasteiger partial charge on any atom is 0.417 e. The average molecular weight is 590 g/mol. The molecule has 7 nitrogen and oxygen atoms in total. The van der Waals surface area contributed by atoms with Gasteiger partial charge in [0.15, 0.2) is 11.6 Å². The summed E-state index contributed by atoms with van der Waals surface area (Å²) >= 11 is 12.0. The van der Waals surface area contributed by atoms with Crippen LogP contribution in [0.5, 0.6) is 0 Å². The van der Waals surface area contributed by atoms with Crippen molar-refractivity contribution in [1.29, 1.82) is 0 Å². The van der Waals surface area contributed by atoms with Crippen molar-refractivity contribution in [2.75, 3.05) is 12.5 Å². The number of rotatable bonds is 6. The van der Waals surface area contributed by atoms with E-state index in [0.717, 1.165) is 19.4 Å². The lowest BCUT2D eigenvalue weighted by atomic mass is 10.00. The predicted molar refractivity (Wildman–Crippen MR) is 132 cm³/mol. The van der Waals surface area contributed by atoms with E-state index in [9.17, 15) is 31.1 Å². The number of fused-ring (bicyclic) bond motifs is 1. The van der Waals surface area contributed by atoms with E-state index in [0.29, 0.717) is 34.9 Å². The number of anilines is 1. The van der Waals surface area contributed by atoms with Gasteiger partial charge < -0.3 is 4.74 Å². The minimum Gasteiger partial charge on any atom is -0.468 e. The summed E-state index contributed by atoms with van der Waals surface area (Å²) in [6, 6.07) is 8.05. The van der Waals surface area contributed by atoms with E-state index < -0.39 is 35.4 Å². The van der Waals surface area contributed by atoms with Crippen LogP contribution < -0.4 is 5.43 Å². The molecule has 4 aromatic rings. The largest absolute Gasteiger partial charge is 0.468 e. The van der Waals surface area contributed by atoms with Gasteiger partial charge in [0, 0.05) is 30.2 Å². The second kappa shape index (κ2) is 10.7. The highest BCUT2D eigenvalue weighted by Gasteiger charge is 2.33. The van der Waals surface area contributed by atoms with Crippen molar-refractivity contribution in [3.8, 4) is 5.82 Å². The number of para-hydroxylation sites is 1. The molecule has 0 bridgehead atoms. The Bertz CT molecular complexity index is 1570. The number of ether oxygens (including phenoxy) is 1. The van der Waals surface area contributed by atoms with Gasteiger partial charge in [-0.05, 0) is 23.8 Å². The second-order valence-corrected chi connectivity index (χ2v) is 8.76. The summed E-state index contributed by atoms with van der Waals surface area (Å²) in [5, 5.41) is 3.76. The van der Waals surface area contributed by atoms with Crippen LogP contribution in [0.2, 0.25) is 10.0 Å². The smallest absolute Gasteiger partial charge is 0.417 e. The third-order valence-electron chi connectivity index (χ3n) is 5.47. The number of alkyl halides is 6. The number of aromatic nitrogens is 3. The van der Waals surface area contributed by atoms with E-state index >= 15 is 0 Å². The Labute approximate surface area is 226 Å². The number of carbonyl (C=O) groups excluding carboxylic acids is 1. The zero-order valence-electron chi connectivity index (χ0n) is 19.5. The van der Waals surface area contributed by atoms with E-state index in [4.69, 9.17) is 27.9 Å². The number of pyridine rings is 2. The molecule has 3 aromatic heterocycles. The van der Waals surface area contributed by atoms with Gasteiger partial charge in [-0.1, -0.05) is 41.4 Å². The Hall–Kier alpha value is -3.84. The summed E-state index contributed by atoms with van der Waals surface area (Å²) in [6.07, 6.45) is -5.52. The van der Waals surface area contributed by atoms with Crippen LogP contribution in [0, 0.1) is 0 Å². The van der Waals surface area contributed by atoms with Crippen LogP contribution >= 0.6 is 23.2 Å². The fraction of sp³-hybridized carbons (Fsp3) is 0.167. The Morgan fingerprint density at radius 3 is 2.23 bits per heavy atom. The maximum absolute atomic E-state index is 13.1. The number of esters is 1. The molecule has 3 heterocycles. The number of benzene rings is 1. The molecule has 1 atom stereocenters. The van der Waals surface area contributed by atoms with Crippen molar-refractivity contribution in [1.82, 2.24) is 14.5 Å². The van der Waals surface area contributed by atoms with Crippen LogP contribution in [0.3, 0.4) is 0 Å². The number of hydrogen-bond donors (Lipinski definition) is 1. The third-order valence-corrected chi connectivity index (χ3v) is 6.04. The van der Waals surface area contributed by atoms with Crippen LogP contribution in [-0.4, -0.2) is 33.8 Å². The first kappa shape index (κ1) is 28.2. The first-order chi connectivity index (χ1) is 18.3. The van der Waals surface area contributed by atoms with Crippen LogP contribution in [0.15, 0.2) is 60.1 Å². The summed E-state index contributed by atoms with van der Waals surface area (Å²) in [4.78, 5) is 20.2. The highest BCUT2D eigenvalue weighted by Crippen LogP contribution is 2.36. The number of halogens is 8. The lowest BCUT2D eigenvalue weighted by Crippen LogP contribution is -2.16. The Kier molecular flexibility index (Phi) is 7.75. The molecule has 0 fully saturated rings. The van der Waals surface area contributed by atoms with Crippen molar-refractivity contribution in [2.24, 2.45) is 5.10 Å². The zero-order valence-corrected chi connectivity index (χ0v) is 21.0. The van der Waals surface area contributed by atoms with Crippen LogP contribution in [-0.2, 0) is 21.9 Å². The second-order valence-electron chi connectivity index (χ2n) is 7.94. The minimum atomic E-state index is -4.65. The summed E-state index contributed by atoms with van der Waals surface area (Å²) in [5.41, 5.74) is 1.09.